The lowest BCUT2D eigenvalue weighted by Crippen LogP contribution is -2.38. The number of hydrogen-bond donors (Lipinski definition) is 2. The number of phenols is 1. The molecular weight excluding hydrogens is 1480 g/mol. The van der Waals surface area contributed by atoms with Crippen LogP contribution in [0.15, 0.2) is 194 Å². The van der Waals surface area contributed by atoms with E-state index in [1.54, 1.807) is 6.07 Å². The van der Waals surface area contributed by atoms with Crippen LogP contribution in [0.5, 0.6) is 23.0 Å². The highest BCUT2D eigenvalue weighted by Gasteiger charge is 2.30. The topological polar surface area (TPSA) is 168 Å². The first-order valence-corrected chi connectivity index (χ1v) is 43.9. The Balaban J connectivity index is 0.000000293. The number of benzene rings is 8. The molecule has 0 bridgehead atoms. The molecule has 0 fully saturated rings. The van der Waals surface area contributed by atoms with E-state index in [0.717, 1.165) is 108 Å². The molecule has 15 nitrogen and oxygen atoms in total. The molecule has 8 rings (SSSR count). The zero-order valence-corrected chi connectivity index (χ0v) is 76.6. The molecule has 0 saturated carbocycles. The largest absolute Gasteiger partial charge is 0.508 e. The Bertz CT molecular complexity index is 4280. The van der Waals surface area contributed by atoms with Crippen LogP contribution >= 0.6 is 0 Å². The third kappa shape index (κ3) is 31.2. The first kappa shape index (κ1) is 98.9. The van der Waals surface area contributed by atoms with Crippen molar-refractivity contribution in [3.05, 3.63) is 261 Å². The van der Waals surface area contributed by atoms with E-state index in [4.69, 9.17) is 23.7 Å². The molecule has 0 heterocycles. The van der Waals surface area contributed by atoms with Crippen molar-refractivity contribution in [1.29, 1.82) is 0 Å². The average molecular weight is 1630 g/mol. The summed E-state index contributed by atoms with van der Waals surface area (Å²) in [5.41, 5.74) is 12.3. The Morgan fingerprint density at radius 3 is 0.815 bits per heavy atom. The fourth-order valence-corrected chi connectivity index (χ4v) is 15.7. The molecular formula is C104H146N4O11. The molecule has 648 valence electrons. The molecule has 0 saturated heterocycles. The highest BCUT2D eigenvalue weighted by Crippen LogP contribution is 2.42. The van der Waals surface area contributed by atoms with Crippen molar-refractivity contribution in [1.82, 2.24) is 19.6 Å². The predicted octanol–water partition coefficient (Wildman–Crippen LogP) is 22.9. The maximum atomic E-state index is 13.0. The number of rotatable bonds is 42. The molecule has 0 aromatic heterocycles. The summed E-state index contributed by atoms with van der Waals surface area (Å²) < 4.78 is 29.7. The fraction of sp³-hybridized carbons (Fsp3) is 0.500. The quantitative estimate of drug-likeness (QED) is 0.0274. The van der Waals surface area contributed by atoms with Gasteiger partial charge in [0.1, 0.15) is 42.8 Å². The van der Waals surface area contributed by atoms with Crippen LogP contribution in [0.1, 0.15) is 282 Å². The van der Waals surface area contributed by atoms with Crippen LogP contribution < -0.4 is 14.2 Å². The van der Waals surface area contributed by atoms with Gasteiger partial charge in [0.25, 0.3) is 0 Å². The summed E-state index contributed by atoms with van der Waals surface area (Å²) in [6, 6.07) is 68.8. The van der Waals surface area contributed by atoms with Gasteiger partial charge in [-0.1, -0.05) is 201 Å². The molecule has 4 atom stereocenters. The molecule has 119 heavy (non-hydrogen) atoms. The van der Waals surface area contributed by atoms with Gasteiger partial charge in [-0.05, 0) is 256 Å². The molecule has 0 radical (unpaired) electrons. The summed E-state index contributed by atoms with van der Waals surface area (Å²) in [5, 5.41) is 20.9. The highest BCUT2D eigenvalue weighted by atomic mass is 16.5. The van der Waals surface area contributed by atoms with Crippen molar-refractivity contribution in [3.63, 3.8) is 0 Å². The van der Waals surface area contributed by atoms with E-state index in [1.807, 2.05) is 152 Å². The van der Waals surface area contributed by atoms with Crippen molar-refractivity contribution in [2.45, 2.75) is 290 Å². The van der Waals surface area contributed by atoms with Gasteiger partial charge in [0.15, 0.2) is 0 Å². The maximum absolute atomic E-state index is 13.0. The molecule has 2 N–H and O–H groups in total. The normalized spacial score (nSPS) is 12.9. The second-order valence-corrected chi connectivity index (χ2v) is 35.3. The highest BCUT2D eigenvalue weighted by molar-refractivity contribution is 5.76. The Hall–Kier alpha value is -8.96. The van der Waals surface area contributed by atoms with Crippen LogP contribution in [-0.4, -0.2) is 128 Å². The van der Waals surface area contributed by atoms with Gasteiger partial charge in [-0.25, -0.2) is 0 Å². The van der Waals surface area contributed by atoms with Gasteiger partial charge in [-0.2, -0.15) is 0 Å². The van der Waals surface area contributed by atoms with E-state index in [2.05, 4.69) is 221 Å². The summed E-state index contributed by atoms with van der Waals surface area (Å²) in [7, 11) is 0. The number of ether oxygens (including phenoxy) is 5. The minimum absolute atomic E-state index is 0.00725. The lowest BCUT2D eigenvalue weighted by Gasteiger charge is -2.32. The lowest BCUT2D eigenvalue weighted by atomic mass is 9.86. The van der Waals surface area contributed by atoms with Crippen molar-refractivity contribution in [2.75, 3.05) is 26.2 Å². The van der Waals surface area contributed by atoms with Gasteiger partial charge in [0.05, 0.1) is 30.3 Å². The number of hydrogen-bond acceptors (Lipinski definition) is 15. The third-order valence-electron chi connectivity index (χ3n) is 22.3. The van der Waals surface area contributed by atoms with Gasteiger partial charge in [-0.15, -0.1) is 0 Å². The van der Waals surface area contributed by atoms with Gasteiger partial charge < -0.3 is 33.9 Å². The van der Waals surface area contributed by atoms with Crippen molar-refractivity contribution in [3.8, 4) is 23.0 Å². The Morgan fingerprint density at radius 1 is 0.286 bits per heavy atom. The molecule has 15 heteroatoms. The first-order chi connectivity index (χ1) is 56.5. The molecule has 0 amide bonds. The zero-order chi connectivity index (χ0) is 87.7. The van der Waals surface area contributed by atoms with Gasteiger partial charge >= 0.3 is 23.9 Å². The van der Waals surface area contributed by atoms with E-state index >= 15 is 0 Å². The Labute approximate surface area is 716 Å². The minimum atomic E-state index is -0.261. The summed E-state index contributed by atoms with van der Waals surface area (Å²) in [5.74, 6) is 0.649. The van der Waals surface area contributed by atoms with E-state index in [0.29, 0.717) is 66.4 Å². The molecule has 8 aromatic rings. The maximum Gasteiger partial charge on any atom is 0.313 e. The molecule has 0 aliphatic heterocycles. The van der Waals surface area contributed by atoms with E-state index < -0.39 is 0 Å². The van der Waals surface area contributed by atoms with Crippen LogP contribution in [0.4, 0.5) is 0 Å². The number of carbonyl (C=O) groups is 4. The fourth-order valence-electron chi connectivity index (χ4n) is 15.7. The van der Waals surface area contributed by atoms with Crippen molar-refractivity contribution in [2.24, 2.45) is 23.7 Å². The second-order valence-electron chi connectivity index (χ2n) is 35.3. The third-order valence-corrected chi connectivity index (χ3v) is 22.3. The Morgan fingerprint density at radius 2 is 0.529 bits per heavy atom. The summed E-state index contributed by atoms with van der Waals surface area (Å²) in [6.45, 7) is 54.9. The number of carbonyl (C=O) groups excluding carboxylic acids is 4. The number of nitrogens with zero attached hydrogens (tertiary/aromatic N) is 4. The molecule has 0 spiro atoms. The number of phenolic OH excluding ortho intramolecular Hbond substituents is 1. The first-order valence-electron chi connectivity index (χ1n) is 43.9. The summed E-state index contributed by atoms with van der Waals surface area (Å²) in [6.07, 6.45) is 3.53. The minimum Gasteiger partial charge on any atom is -0.508 e. The van der Waals surface area contributed by atoms with Crippen LogP contribution in [0.3, 0.4) is 0 Å². The number of aliphatic hydroxyl groups is 1. The average Bonchev–Trinajstić information content (AvgIpc) is 0.808. The number of aliphatic hydroxyl groups excluding tert-OH is 1. The SMILES string of the molecule is CC(C)C(=O)OCc1ccc(O)c([C@H](CCN(C(C)C)C(C)C)c2ccccc2)c1.CC(C)C(=O)OCc1ccc(OC(=O)C(C)C)c([C@H](CCN(C(C)C)C(C)C)c2ccccc2)c1.CC(C)C(=O)Oc1ccc(COc2ccc(CO)cc2[C@H](CCN(C(C)C)C(C)C)c2ccccc2)cc1[C@H](CCN(C(C)C)C(C)C)c1ccccc1. The molecule has 0 unspecified atom stereocenters. The monoisotopic (exact) mass is 1630 g/mol. The predicted molar refractivity (Wildman–Crippen MR) is 487 cm³/mol. The summed E-state index contributed by atoms with van der Waals surface area (Å²) in [4.78, 5) is 59.5. The van der Waals surface area contributed by atoms with E-state index in [1.165, 1.54) is 16.7 Å². The van der Waals surface area contributed by atoms with E-state index in [9.17, 15) is 29.4 Å². The van der Waals surface area contributed by atoms with Crippen molar-refractivity contribution >= 4 is 23.9 Å². The van der Waals surface area contributed by atoms with E-state index in [-0.39, 0.29) is 96.8 Å². The van der Waals surface area contributed by atoms with Crippen molar-refractivity contribution < 1.29 is 53.1 Å². The summed E-state index contributed by atoms with van der Waals surface area (Å²) >= 11 is 0. The van der Waals surface area contributed by atoms with Gasteiger partial charge in [0.2, 0.25) is 0 Å². The molecule has 0 aliphatic carbocycles. The number of aromatic hydroxyl groups is 1. The smallest absolute Gasteiger partial charge is 0.313 e. The zero-order valence-electron chi connectivity index (χ0n) is 76.6. The van der Waals surface area contributed by atoms with Crippen LogP contribution in [0, 0.1) is 23.7 Å². The van der Waals surface area contributed by atoms with Crippen LogP contribution in [0.25, 0.3) is 0 Å². The van der Waals surface area contributed by atoms with Gasteiger partial charge in [-0.3, -0.25) is 38.8 Å². The molecule has 8 aromatic carbocycles. The van der Waals surface area contributed by atoms with Gasteiger partial charge in [0, 0.05) is 94.3 Å². The second kappa shape index (κ2) is 49.7. The lowest BCUT2D eigenvalue weighted by molar-refractivity contribution is -0.149. The van der Waals surface area contributed by atoms with Crippen LogP contribution in [0.2, 0.25) is 0 Å². The molecule has 0 aliphatic rings. The van der Waals surface area contributed by atoms with Crippen LogP contribution in [-0.2, 0) is 55.1 Å². The standard InChI is InChI=1S/C48H66N2O4.C30H43NO4.C26H37NO3/c1-33(2)48(52)54-47-24-22-39(30-45(47)43(41-19-15-12-16-20-41)26-28-50(36(7)8)37(9)10)32-53-46-23-21-38(31-51)29-44(46)42(40-17-13-11-14-18-40)25-27-49(34(3)4)35(5)6;1-20(2)29(32)34-19-24-14-15-28(35-30(33)21(3)4)27(18-24)26(25-12-10-9-11-13-25)16-17-31(22(5)6)23(7)8;1-18(2)26(29)30-17-21-12-13-25(28)24(16-21)23(22-10-8-7-9-11-22)14-15-27(19(3)4)20(5)6/h11-24,29-30,33-37,42-43,51H,25-28,31-32H2,1-10H3;9-15,18,20-23,26H,16-17,19H2,1-8H3;7-13,16,18-20,23,28H,14-15,17H2,1-6H3/t42-,43-;26-;23-/m111/s1. The number of esters is 4. The Kier molecular flexibility index (Phi) is 41.3.